The molecule has 4 nitrogen and oxygen atoms in total. The number of nitrogens with two attached hydrogens (primary N) is 1. The van der Waals surface area contributed by atoms with Gasteiger partial charge in [-0.05, 0) is 35.9 Å². The van der Waals surface area contributed by atoms with Crippen molar-refractivity contribution in [3.05, 3.63) is 57.6 Å². The lowest BCUT2D eigenvalue weighted by molar-refractivity contribution is 0.284. The van der Waals surface area contributed by atoms with Crippen LogP contribution in [0, 0.1) is 5.41 Å². The molecule has 0 radical (unpaired) electrons. The lowest BCUT2D eigenvalue weighted by Crippen LogP contribution is -2.11. The van der Waals surface area contributed by atoms with E-state index in [4.69, 9.17) is 43.8 Å². The summed E-state index contributed by atoms with van der Waals surface area (Å²) in [5.41, 5.74) is 6.91. The minimum Gasteiger partial charge on any atom is -0.493 e. The molecular formula is C15H14Cl2N2O2. The lowest BCUT2D eigenvalue weighted by atomic mass is 10.2. The van der Waals surface area contributed by atoms with Crippen LogP contribution >= 0.6 is 23.2 Å². The van der Waals surface area contributed by atoms with Crippen molar-refractivity contribution in [3.63, 3.8) is 0 Å². The molecule has 6 heteroatoms. The molecule has 0 bridgehead atoms. The minimum absolute atomic E-state index is 0.0238. The molecule has 2 rings (SSSR count). The number of hydrogen-bond donors (Lipinski definition) is 2. The maximum absolute atomic E-state index is 7.41. The highest BCUT2D eigenvalue weighted by molar-refractivity contribution is 6.42. The van der Waals surface area contributed by atoms with Gasteiger partial charge in [0.15, 0.2) is 11.5 Å². The standard InChI is InChI=1S/C15H14Cl2N2O2/c1-20-14-7-10(15(18)19)3-5-13(14)21-8-9-2-4-11(16)12(17)6-9/h2-7H,8H2,1H3,(H3,18,19). The Morgan fingerprint density at radius 1 is 1.10 bits per heavy atom. The van der Waals surface area contributed by atoms with Crippen LogP contribution in [0.3, 0.4) is 0 Å². The molecule has 0 aliphatic heterocycles. The van der Waals surface area contributed by atoms with Crippen LogP contribution in [-0.2, 0) is 6.61 Å². The molecule has 0 aliphatic rings. The largest absolute Gasteiger partial charge is 0.493 e. The summed E-state index contributed by atoms with van der Waals surface area (Å²) in [6, 6.07) is 10.4. The molecule has 110 valence electrons. The van der Waals surface area contributed by atoms with Crippen LogP contribution in [-0.4, -0.2) is 12.9 Å². The number of amidine groups is 1. The van der Waals surface area contributed by atoms with Gasteiger partial charge >= 0.3 is 0 Å². The number of rotatable bonds is 5. The number of nitrogens with one attached hydrogen (secondary N) is 1. The number of halogens is 2. The number of hydrogen-bond acceptors (Lipinski definition) is 3. The first kappa shape index (κ1) is 15.5. The third-order valence-electron chi connectivity index (χ3n) is 2.85. The SMILES string of the molecule is COc1cc(C(=N)N)ccc1OCc1ccc(Cl)c(Cl)c1. The van der Waals surface area contributed by atoms with Crippen LogP contribution in [0.15, 0.2) is 36.4 Å². The van der Waals surface area contributed by atoms with Crippen LogP contribution < -0.4 is 15.2 Å². The fourth-order valence-corrected chi connectivity index (χ4v) is 2.07. The van der Waals surface area contributed by atoms with Gasteiger partial charge in [-0.2, -0.15) is 0 Å². The molecule has 0 heterocycles. The van der Waals surface area contributed by atoms with E-state index in [0.717, 1.165) is 5.56 Å². The zero-order valence-electron chi connectivity index (χ0n) is 11.3. The van der Waals surface area contributed by atoms with E-state index in [1.807, 2.05) is 6.07 Å². The molecule has 2 aromatic carbocycles. The second-order valence-corrected chi connectivity index (χ2v) is 5.13. The van der Waals surface area contributed by atoms with E-state index in [9.17, 15) is 0 Å². The molecule has 0 saturated heterocycles. The molecule has 0 saturated carbocycles. The third kappa shape index (κ3) is 3.80. The van der Waals surface area contributed by atoms with Crippen LogP contribution in [0.5, 0.6) is 11.5 Å². The van der Waals surface area contributed by atoms with E-state index >= 15 is 0 Å². The van der Waals surface area contributed by atoms with E-state index < -0.39 is 0 Å². The van der Waals surface area contributed by atoms with Gasteiger partial charge in [-0.3, -0.25) is 5.41 Å². The Hall–Kier alpha value is -1.91. The Labute approximate surface area is 132 Å². The van der Waals surface area contributed by atoms with Crippen LogP contribution in [0.4, 0.5) is 0 Å². The molecule has 0 fully saturated rings. The van der Waals surface area contributed by atoms with E-state index in [0.29, 0.717) is 33.7 Å². The Morgan fingerprint density at radius 2 is 1.86 bits per heavy atom. The molecule has 0 aliphatic carbocycles. The Morgan fingerprint density at radius 3 is 2.48 bits per heavy atom. The smallest absolute Gasteiger partial charge is 0.161 e. The lowest BCUT2D eigenvalue weighted by Gasteiger charge is -2.12. The average Bonchev–Trinajstić information content (AvgIpc) is 2.48. The molecular weight excluding hydrogens is 311 g/mol. The van der Waals surface area contributed by atoms with Gasteiger partial charge in [0.25, 0.3) is 0 Å². The highest BCUT2D eigenvalue weighted by Gasteiger charge is 2.08. The topological polar surface area (TPSA) is 68.3 Å². The van der Waals surface area contributed by atoms with Gasteiger partial charge in [0.05, 0.1) is 17.2 Å². The first-order valence-corrected chi connectivity index (χ1v) is 6.86. The minimum atomic E-state index is -0.0238. The van der Waals surface area contributed by atoms with Crippen molar-refractivity contribution in [2.24, 2.45) is 5.73 Å². The van der Waals surface area contributed by atoms with E-state index in [2.05, 4.69) is 0 Å². The monoisotopic (exact) mass is 324 g/mol. The molecule has 0 unspecified atom stereocenters. The summed E-state index contributed by atoms with van der Waals surface area (Å²) < 4.78 is 10.9. The van der Waals surface area contributed by atoms with Gasteiger partial charge in [0.1, 0.15) is 12.4 Å². The summed E-state index contributed by atoms with van der Waals surface area (Å²) in [5.74, 6) is 1.06. The summed E-state index contributed by atoms with van der Waals surface area (Å²) in [6.45, 7) is 0.326. The van der Waals surface area contributed by atoms with Gasteiger partial charge in [-0.25, -0.2) is 0 Å². The summed E-state index contributed by atoms with van der Waals surface area (Å²) >= 11 is 11.8. The molecule has 0 amide bonds. The van der Waals surface area contributed by atoms with Crippen LogP contribution in [0.2, 0.25) is 10.0 Å². The van der Waals surface area contributed by atoms with Crippen LogP contribution in [0.1, 0.15) is 11.1 Å². The van der Waals surface area contributed by atoms with Crippen molar-refractivity contribution in [1.82, 2.24) is 0 Å². The molecule has 21 heavy (non-hydrogen) atoms. The summed E-state index contributed by atoms with van der Waals surface area (Å²) in [7, 11) is 1.53. The predicted molar refractivity (Wildman–Crippen MR) is 84.8 cm³/mol. The average molecular weight is 325 g/mol. The van der Waals surface area contributed by atoms with Gasteiger partial charge in [-0.15, -0.1) is 0 Å². The van der Waals surface area contributed by atoms with E-state index in [1.165, 1.54) is 7.11 Å². The normalized spacial score (nSPS) is 10.2. The number of benzene rings is 2. The first-order chi connectivity index (χ1) is 10.0. The van der Waals surface area contributed by atoms with Gasteiger partial charge in [0.2, 0.25) is 0 Å². The molecule has 3 N–H and O–H groups in total. The second-order valence-electron chi connectivity index (χ2n) is 4.32. The quantitative estimate of drug-likeness (QED) is 0.648. The zero-order chi connectivity index (χ0) is 15.4. The highest BCUT2D eigenvalue weighted by atomic mass is 35.5. The maximum Gasteiger partial charge on any atom is 0.161 e. The van der Waals surface area contributed by atoms with Gasteiger partial charge in [0, 0.05) is 5.56 Å². The van der Waals surface area contributed by atoms with Gasteiger partial charge in [-0.1, -0.05) is 29.3 Å². The molecule has 0 aromatic heterocycles. The van der Waals surface area contributed by atoms with Crippen molar-refractivity contribution in [2.45, 2.75) is 6.61 Å². The first-order valence-electron chi connectivity index (χ1n) is 6.10. The number of methoxy groups -OCH3 is 1. The fourth-order valence-electron chi connectivity index (χ4n) is 1.74. The number of nitrogen functional groups attached to an aromatic ring is 1. The number of ether oxygens (including phenoxy) is 2. The zero-order valence-corrected chi connectivity index (χ0v) is 12.8. The Bertz CT molecular complexity index is 675. The van der Waals surface area contributed by atoms with Crippen molar-refractivity contribution in [2.75, 3.05) is 7.11 Å². The Balaban J connectivity index is 2.15. The van der Waals surface area contributed by atoms with Crippen molar-refractivity contribution in [3.8, 4) is 11.5 Å². The Kier molecular flexibility index (Phi) is 4.94. The summed E-state index contributed by atoms with van der Waals surface area (Å²) in [4.78, 5) is 0. The highest BCUT2D eigenvalue weighted by Crippen LogP contribution is 2.29. The van der Waals surface area contributed by atoms with Gasteiger partial charge < -0.3 is 15.2 Å². The maximum atomic E-state index is 7.41. The fraction of sp³-hybridized carbons (Fsp3) is 0.133. The molecule has 2 aromatic rings. The van der Waals surface area contributed by atoms with Crippen molar-refractivity contribution < 1.29 is 9.47 Å². The molecule has 0 atom stereocenters. The van der Waals surface area contributed by atoms with Crippen molar-refractivity contribution >= 4 is 29.0 Å². The predicted octanol–water partition coefficient (Wildman–Crippen LogP) is 3.87. The third-order valence-corrected chi connectivity index (χ3v) is 3.59. The van der Waals surface area contributed by atoms with Crippen molar-refractivity contribution in [1.29, 1.82) is 5.41 Å². The van der Waals surface area contributed by atoms with E-state index in [-0.39, 0.29) is 5.84 Å². The van der Waals surface area contributed by atoms with Crippen LogP contribution in [0.25, 0.3) is 0 Å². The summed E-state index contributed by atoms with van der Waals surface area (Å²) in [5, 5.41) is 8.40. The summed E-state index contributed by atoms with van der Waals surface area (Å²) in [6.07, 6.45) is 0. The second kappa shape index (κ2) is 6.70. The van der Waals surface area contributed by atoms with E-state index in [1.54, 1.807) is 30.3 Å². The molecule has 0 spiro atoms.